The normalized spacial score (nSPS) is 19.1. The van der Waals surface area contributed by atoms with Gasteiger partial charge in [-0.1, -0.05) is 0 Å². The van der Waals surface area contributed by atoms with Crippen LogP contribution in [0.1, 0.15) is 31.6 Å². The van der Waals surface area contributed by atoms with Crippen LogP contribution in [0.5, 0.6) is 0 Å². The zero-order valence-corrected chi connectivity index (χ0v) is 7.73. The second-order valence-electron chi connectivity index (χ2n) is 3.20. The minimum Gasteiger partial charge on any atom is -0.274 e. The van der Waals surface area contributed by atoms with Crippen LogP contribution >= 0.6 is 0 Å². The summed E-state index contributed by atoms with van der Waals surface area (Å²) in [4.78, 5) is 27.9. The third-order valence-electron chi connectivity index (χ3n) is 2.31. The van der Waals surface area contributed by atoms with E-state index in [-0.39, 0.29) is 17.9 Å². The van der Waals surface area contributed by atoms with Crippen molar-refractivity contribution in [3.05, 3.63) is 12.2 Å². The predicted molar refractivity (Wildman–Crippen MR) is 45.9 cm³/mol. The smallest absolute Gasteiger partial charge is 0.230 e. The fourth-order valence-corrected chi connectivity index (χ4v) is 1.56. The topological polar surface area (TPSA) is 79.0 Å². The van der Waals surface area contributed by atoms with Gasteiger partial charge in [0.15, 0.2) is 0 Å². The summed E-state index contributed by atoms with van der Waals surface area (Å²) in [6, 6.07) is -0.347. The second kappa shape index (κ2) is 3.21. The number of aromatic amines is 1. The molecule has 0 saturated carbocycles. The van der Waals surface area contributed by atoms with Gasteiger partial charge in [0, 0.05) is 12.8 Å². The number of nitrogens with zero attached hydrogens (tertiary/aromatic N) is 3. The zero-order chi connectivity index (χ0) is 10.1. The minimum absolute atomic E-state index is 0.140. The van der Waals surface area contributed by atoms with Gasteiger partial charge in [-0.15, -0.1) is 0 Å². The third kappa shape index (κ3) is 1.28. The SMILES string of the molecule is CC(c1ncn[nH]1)N1C(=O)CCC1=O. The van der Waals surface area contributed by atoms with Gasteiger partial charge in [-0.2, -0.15) is 5.10 Å². The molecule has 0 aromatic carbocycles. The van der Waals surface area contributed by atoms with Gasteiger partial charge in [0.1, 0.15) is 12.2 Å². The van der Waals surface area contributed by atoms with E-state index in [1.807, 2.05) is 0 Å². The fraction of sp³-hybridized carbons (Fsp3) is 0.500. The molecule has 6 heteroatoms. The van der Waals surface area contributed by atoms with Crippen molar-refractivity contribution in [1.82, 2.24) is 20.1 Å². The number of carbonyl (C=O) groups is 2. The van der Waals surface area contributed by atoms with Crippen molar-refractivity contribution >= 4 is 11.8 Å². The van der Waals surface area contributed by atoms with Crippen LogP contribution in [0.15, 0.2) is 6.33 Å². The van der Waals surface area contributed by atoms with Gasteiger partial charge in [0.2, 0.25) is 11.8 Å². The first-order valence-electron chi connectivity index (χ1n) is 4.40. The summed E-state index contributed by atoms with van der Waals surface area (Å²) >= 11 is 0. The van der Waals surface area contributed by atoms with Crippen LogP contribution in [0, 0.1) is 0 Å². The maximum atomic E-state index is 11.4. The van der Waals surface area contributed by atoms with Crippen LogP contribution in [0.2, 0.25) is 0 Å². The molecule has 0 spiro atoms. The fourth-order valence-electron chi connectivity index (χ4n) is 1.56. The van der Waals surface area contributed by atoms with E-state index in [0.29, 0.717) is 18.7 Å². The standard InChI is InChI=1S/C8H10N4O2/c1-5(8-9-4-10-11-8)12-6(13)2-3-7(12)14/h4-5H,2-3H2,1H3,(H,9,10,11). The van der Waals surface area contributed by atoms with Crippen LogP contribution < -0.4 is 0 Å². The molecule has 0 aliphatic carbocycles. The van der Waals surface area contributed by atoms with Gasteiger partial charge in [0.25, 0.3) is 0 Å². The van der Waals surface area contributed by atoms with Crippen molar-refractivity contribution in [3.63, 3.8) is 0 Å². The Balaban J connectivity index is 2.22. The molecular formula is C8H10N4O2. The van der Waals surface area contributed by atoms with Gasteiger partial charge in [0.05, 0.1) is 6.04 Å². The molecule has 1 aliphatic heterocycles. The van der Waals surface area contributed by atoms with Crippen molar-refractivity contribution in [2.75, 3.05) is 0 Å². The molecule has 1 aromatic heterocycles. The molecule has 1 fully saturated rings. The number of hydrogen-bond acceptors (Lipinski definition) is 4. The number of aromatic nitrogens is 3. The highest BCUT2D eigenvalue weighted by atomic mass is 16.2. The van der Waals surface area contributed by atoms with E-state index in [2.05, 4.69) is 15.2 Å². The molecule has 6 nitrogen and oxygen atoms in total. The first-order chi connectivity index (χ1) is 6.70. The number of carbonyl (C=O) groups excluding carboxylic acids is 2. The van der Waals surface area contributed by atoms with Crippen LogP contribution in [-0.4, -0.2) is 31.9 Å². The average molecular weight is 194 g/mol. The molecule has 1 saturated heterocycles. The first-order valence-corrected chi connectivity index (χ1v) is 4.40. The van der Waals surface area contributed by atoms with E-state index in [1.165, 1.54) is 11.2 Å². The number of H-pyrrole nitrogens is 1. The van der Waals surface area contributed by atoms with Crippen molar-refractivity contribution in [1.29, 1.82) is 0 Å². The van der Waals surface area contributed by atoms with Gasteiger partial charge in [-0.3, -0.25) is 19.6 Å². The van der Waals surface area contributed by atoms with Gasteiger partial charge in [-0.05, 0) is 6.92 Å². The number of hydrogen-bond donors (Lipinski definition) is 1. The number of likely N-dealkylation sites (tertiary alicyclic amines) is 1. The molecule has 1 N–H and O–H groups in total. The Bertz CT molecular complexity index is 343. The van der Waals surface area contributed by atoms with E-state index in [9.17, 15) is 9.59 Å². The van der Waals surface area contributed by atoms with E-state index in [0.717, 1.165) is 0 Å². The number of nitrogens with one attached hydrogen (secondary N) is 1. The molecule has 74 valence electrons. The molecule has 2 amide bonds. The minimum atomic E-state index is -0.347. The quantitative estimate of drug-likeness (QED) is 0.673. The third-order valence-corrected chi connectivity index (χ3v) is 2.31. The lowest BCUT2D eigenvalue weighted by molar-refractivity contribution is -0.141. The molecule has 1 aromatic rings. The maximum absolute atomic E-state index is 11.4. The molecule has 1 unspecified atom stereocenters. The predicted octanol–water partition coefficient (Wildman–Crippen LogP) is 0.0147. The summed E-state index contributed by atoms with van der Waals surface area (Å²) in [5.41, 5.74) is 0. The van der Waals surface area contributed by atoms with Crippen LogP contribution in [0.3, 0.4) is 0 Å². The summed E-state index contributed by atoms with van der Waals surface area (Å²) < 4.78 is 0. The first kappa shape index (κ1) is 8.86. The highest BCUT2D eigenvalue weighted by Gasteiger charge is 2.34. The zero-order valence-electron chi connectivity index (χ0n) is 7.73. The Morgan fingerprint density at radius 3 is 2.57 bits per heavy atom. The average Bonchev–Trinajstić information content (AvgIpc) is 2.75. The largest absolute Gasteiger partial charge is 0.274 e. The Hall–Kier alpha value is -1.72. The summed E-state index contributed by atoms with van der Waals surface area (Å²) in [7, 11) is 0. The van der Waals surface area contributed by atoms with E-state index >= 15 is 0 Å². The summed E-state index contributed by atoms with van der Waals surface area (Å²) in [6.07, 6.45) is 1.96. The summed E-state index contributed by atoms with van der Waals surface area (Å²) in [6.45, 7) is 1.75. The van der Waals surface area contributed by atoms with Crippen LogP contribution in [0.4, 0.5) is 0 Å². The van der Waals surface area contributed by atoms with Crippen molar-refractivity contribution < 1.29 is 9.59 Å². The van der Waals surface area contributed by atoms with Crippen molar-refractivity contribution in [2.45, 2.75) is 25.8 Å². The maximum Gasteiger partial charge on any atom is 0.230 e. The highest BCUT2D eigenvalue weighted by Crippen LogP contribution is 2.23. The molecular weight excluding hydrogens is 184 g/mol. The molecule has 2 rings (SSSR count). The Morgan fingerprint density at radius 1 is 1.43 bits per heavy atom. The van der Waals surface area contributed by atoms with Crippen molar-refractivity contribution in [2.24, 2.45) is 0 Å². The molecule has 14 heavy (non-hydrogen) atoms. The Kier molecular flexibility index (Phi) is 2.03. The lowest BCUT2D eigenvalue weighted by Crippen LogP contribution is -2.32. The van der Waals surface area contributed by atoms with Gasteiger partial charge < -0.3 is 0 Å². The summed E-state index contributed by atoms with van der Waals surface area (Å²) in [5, 5.41) is 6.33. The summed E-state index contributed by atoms with van der Waals surface area (Å²) in [5.74, 6) is 0.256. The molecule has 2 heterocycles. The van der Waals surface area contributed by atoms with E-state index < -0.39 is 0 Å². The monoisotopic (exact) mass is 194 g/mol. The second-order valence-corrected chi connectivity index (χ2v) is 3.20. The molecule has 1 atom stereocenters. The van der Waals surface area contributed by atoms with Gasteiger partial charge >= 0.3 is 0 Å². The lowest BCUT2D eigenvalue weighted by atomic mass is 10.3. The van der Waals surface area contributed by atoms with Crippen LogP contribution in [0.25, 0.3) is 0 Å². The molecule has 1 aliphatic rings. The Morgan fingerprint density at radius 2 is 2.07 bits per heavy atom. The van der Waals surface area contributed by atoms with Crippen LogP contribution in [-0.2, 0) is 9.59 Å². The molecule has 0 radical (unpaired) electrons. The lowest BCUT2D eigenvalue weighted by Gasteiger charge is -2.19. The number of rotatable bonds is 2. The Labute approximate surface area is 80.3 Å². The van der Waals surface area contributed by atoms with Gasteiger partial charge in [-0.25, -0.2) is 4.98 Å². The number of amides is 2. The highest BCUT2D eigenvalue weighted by molar-refractivity contribution is 6.02. The van der Waals surface area contributed by atoms with E-state index in [4.69, 9.17) is 0 Å². The van der Waals surface area contributed by atoms with E-state index in [1.54, 1.807) is 6.92 Å². The number of imide groups is 1. The van der Waals surface area contributed by atoms with Crippen molar-refractivity contribution in [3.8, 4) is 0 Å². The molecule has 0 bridgehead atoms.